The fourth-order valence-corrected chi connectivity index (χ4v) is 2.44. The van der Waals surface area contributed by atoms with Crippen LogP contribution >= 0.6 is 15.9 Å². The third kappa shape index (κ3) is 3.03. The molecule has 0 radical (unpaired) electrons. The molecule has 1 aliphatic heterocycles. The maximum Gasteiger partial charge on any atom is 0.0295 e. The molecule has 1 fully saturated rings. The van der Waals surface area contributed by atoms with Gasteiger partial charge in [0, 0.05) is 23.1 Å². The molecule has 1 aromatic rings. The zero-order chi connectivity index (χ0) is 10.7. The first-order valence-corrected chi connectivity index (χ1v) is 6.27. The smallest absolute Gasteiger partial charge is 0.0295 e. The van der Waals surface area contributed by atoms with Gasteiger partial charge in [0.15, 0.2) is 0 Å². The Morgan fingerprint density at radius 2 is 2.40 bits per heavy atom. The highest BCUT2D eigenvalue weighted by Crippen LogP contribution is 2.18. The average Bonchev–Trinajstić information content (AvgIpc) is 2.70. The summed E-state index contributed by atoms with van der Waals surface area (Å²) in [5.41, 5.74) is 1.34. The van der Waals surface area contributed by atoms with Crippen LogP contribution in [0.1, 0.15) is 24.9 Å². The Hall–Kier alpha value is -0.380. The molecular formula is C12H17BrN2. The van der Waals surface area contributed by atoms with Crippen LogP contribution in [-0.2, 0) is 0 Å². The molecule has 2 N–H and O–H groups in total. The summed E-state index contributed by atoms with van der Waals surface area (Å²) in [6.07, 6.45) is 1.23. The van der Waals surface area contributed by atoms with Crippen molar-refractivity contribution in [2.75, 3.05) is 13.1 Å². The normalized spacial score (nSPS) is 22.9. The molecule has 0 aliphatic carbocycles. The van der Waals surface area contributed by atoms with E-state index in [1.54, 1.807) is 0 Å². The van der Waals surface area contributed by atoms with E-state index in [4.69, 9.17) is 0 Å². The van der Waals surface area contributed by atoms with Crippen molar-refractivity contribution in [3.05, 3.63) is 34.3 Å². The number of hydrogen-bond donors (Lipinski definition) is 2. The summed E-state index contributed by atoms with van der Waals surface area (Å²) in [5.74, 6) is 0. The molecule has 0 bridgehead atoms. The van der Waals surface area contributed by atoms with E-state index in [1.165, 1.54) is 12.0 Å². The Morgan fingerprint density at radius 3 is 3.07 bits per heavy atom. The maximum atomic E-state index is 3.64. The van der Waals surface area contributed by atoms with Crippen molar-refractivity contribution >= 4 is 15.9 Å². The summed E-state index contributed by atoms with van der Waals surface area (Å²) in [6, 6.07) is 9.55. The van der Waals surface area contributed by atoms with E-state index in [2.05, 4.69) is 57.8 Å². The molecule has 1 aliphatic rings. The molecule has 1 saturated heterocycles. The molecule has 0 aromatic heterocycles. The summed E-state index contributed by atoms with van der Waals surface area (Å²) in [4.78, 5) is 0. The highest BCUT2D eigenvalue weighted by molar-refractivity contribution is 9.10. The lowest BCUT2D eigenvalue weighted by atomic mass is 10.1. The van der Waals surface area contributed by atoms with Gasteiger partial charge in [-0.15, -0.1) is 0 Å². The number of rotatable bonds is 3. The maximum absolute atomic E-state index is 3.64. The van der Waals surface area contributed by atoms with Crippen molar-refractivity contribution in [2.24, 2.45) is 0 Å². The predicted octanol–water partition coefficient (Wildman–Crippen LogP) is 2.46. The van der Waals surface area contributed by atoms with E-state index in [0.29, 0.717) is 12.1 Å². The molecule has 1 aromatic carbocycles. The van der Waals surface area contributed by atoms with Crippen LogP contribution in [0.25, 0.3) is 0 Å². The highest BCUT2D eigenvalue weighted by Gasteiger charge is 2.16. The summed E-state index contributed by atoms with van der Waals surface area (Å²) < 4.78 is 1.15. The summed E-state index contributed by atoms with van der Waals surface area (Å²) in [7, 11) is 0. The van der Waals surface area contributed by atoms with E-state index in [-0.39, 0.29) is 0 Å². The van der Waals surface area contributed by atoms with Gasteiger partial charge < -0.3 is 10.6 Å². The molecule has 2 nitrogen and oxygen atoms in total. The van der Waals surface area contributed by atoms with E-state index >= 15 is 0 Å². The quantitative estimate of drug-likeness (QED) is 0.880. The molecule has 0 saturated carbocycles. The topological polar surface area (TPSA) is 24.1 Å². The lowest BCUT2D eigenvalue weighted by Crippen LogP contribution is -2.33. The highest BCUT2D eigenvalue weighted by atomic mass is 79.9. The second kappa shape index (κ2) is 5.10. The van der Waals surface area contributed by atoms with Crippen LogP contribution in [0, 0.1) is 0 Å². The Morgan fingerprint density at radius 1 is 1.53 bits per heavy atom. The van der Waals surface area contributed by atoms with Crippen LogP contribution in [0.15, 0.2) is 28.7 Å². The van der Waals surface area contributed by atoms with Crippen LogP contribution in [0.5, 0.6) is 0 Å². The molecule has 0 spiro atoms. The summed E-state index contributed by atoms with van der Waals surface area (Å²) in [6.45, 7) is 4.46. The SMILES string of the molecule is C[C@@H](NC1CCNC1)c1cccc(Br)c1. The molecule has 1 unspecified atom stereocenters. The lowest BCUT2D eigenvalue weighted by molar-refractivity contribution is 0.478. The Kier molecular flexibility index (Phi) is 3.78. The van der Waals surface area contributed by atoms with Crippen LogP contribution in [0.3, 0.4) is 0 Å². The van der Waals surface area contributed by atoms with E-state index in [0.717, 1.165) is 17.6 Å². The Labute approximate surface area is 99.6 Å². The molecular weight excluding hydrogens is 252 g/mol. The van der Waals surface area contributed by atoms with Gasteiger partial charge in [-0.1, -0.05) is 28.1 Å². The first-order chi connectivity index (χ1) is 7.25. The van der Waals surface area contributed by atoms with Crippen molar-refractivity contribution in [2.45, 2.75) is 25.4 Å². The number of nitrogens with one attached hydrogen (secondary N) is 2. The van der Waals surface area contributed by atoms with Crippen molar-refractivity contribution in [3.8, 4) is 0 Å². The van der Waals surface area contributed by atoms with Crippen LogP contribution < -0.4 is 10.6 Å². The summed E-state index contributed by atoms with van der Waals surface area (Å²) >= 11 is 3.50. The van der Waals surface area contributed by atoms with E-state index in [9.17, 15) is 0 Å². The zero-order valence-corrected chi connectivity index (χ0v) is 10.5. The van der Waals surface area contributed by atoms with Crippen LogP contribution in [0.4, 0.5) is 0 Å². The molecule has 2 atom stereocenters. The first kappa shape index (κ1) is 11.1. The van der Waals surface area contributed by atoms with Gasteiger partial charge in [-0.3, -0.25) is 0 Å². The Bertz CT molecular complexity index is 321. The molecule has 0 amide bonds. The number of halogens is 1. The van der Waals surface area contributed by atoms with Crippen LogP contribution in [-0.4, -0.2) is 19.1 Å². The fraction of sp³-hybridized carbons (Fsp3) is 0.500. The summed E-state index contributed by atoms with van der Waals surface area (Å²) in [5, 5.41) is 7.01. The standard InChI is InChI=1S/C12H17BrN2/c1-9(15-12-5-6-14-8-12)10-3-2-4-11(13)7-10/h2-4,7,9,12,14-15H,5-6,8H2,1H3/t9-,12?/m1/s1. The lowest BCUT2D eigenvalue weighted by Gasteiger charge is -2.19. The first-order valence-electron chi connectivity index (χ1n) is 5.48. The zero-order valence-electron chi connectivity index (χ0n) is 8.96. The van der Waals surface area contributed by atoms with Gasteiger partial charge in [-0.25, -0.2) is 0 Å². The Balaban J connectivity index is 1.97. The molecule has 1 heterocycles. The second-order valence-corrected chi connectivity index (χ2v) is 5.05. The molecule has 2 rings (SSSR count). The predicted molar refractivity (Wildman–Crippen MR) is 67.0 cm³/mol. The van der Waals surface area contributed by atoms with Crippen molar-refractivity contribution < 1.29 is 0 Å². The van der Waals surface area contributed by atoms with Crippen molar-refractivity contribution in [1.29, 1.82) is 0 Å². The van der Waals surface area contributed by atoms with Crippen molar-refractivity contribution in [1.82, 2.24) is 10.6 Å². The van der Waals surface area contributed by atoms with Crippen molar-refractivity contribution in [3.63, 3.8) is 0 Å². The minimum Gasteiger partial charge on any atom is -0.315 e. The minimum absolute atomic E-state index is 0.424. The number of benzene rings is 1. The third-order valence-electron chi connectivity index (χ3n) is 2.89. The van der Waals surface area contributed by atoms with Crippen LogP contribution in [0.2, 0.25) is 0 Å². The largest absolute Gasteiger partial charge is 0.315 e. The van der Waals surface area contributed by atoms with Gasteiger partial charge in [0.1, 0.15) is 0 Å². The minimum atomic E-state index is 0.424. The average molecular weight is 269 g/mol. The van der Waals surface area contributed by atoms with Gasteiger partial charge in [0.25, 0.3) is 0 Å². The van der Waals surface area contributed by atoms with Gasteiger partial charge >= 0.3 is 0 Å². The fourth-order valence-electron chi connectivity index (χ4n) is 2.02. The van der Waals surface area contributed by atoms with Gasteiger partial charge in [0.2, 0.25) is 0 Å². The van der Waals surface area contributed by atoms with E-state index in [1.807, 2.05) is 0 Å². The molecule has 3 heteroatoms. The van der Waals surface area contributed by atoms with Gasteiger partial charge in [-0.2, -0.15) is 0 Å². The molecule has 82 valence electrons. The third-order valence-corrected chi connectivity index (χ3v) is 3.39. The van der Waals surface area contributed by atoms with E-state index < -0.39 is 0 Å². The second-order valence-electron chi connectivity index (χ2n) is 4.13. The monoisotopic (exact) mass is 268 g/mol. The van der Waals surface area contributed by atoms with Gasteiger partial charge in [-0.05, 0) is 37.6 Å². The molecule has 15 heavy (non-hydrogen) atoms. The van der Waals surface area contributed by atoms with Gasteiger partial charge in [0.05, 0.1) is 0 Å². The number of hydrogen-bond acceptors (Lipinski definition) is 2.